The Bertz CT molecular complexity index is 450. The van der Waals surface area contributed by atoms with E-state index in [1.54, 1.807) is 6.07 Å². The van der Waals surface area contributed by atoms with Gasteiger partial charge < -0.3 is 5.11 Å². The highest BCUT2D eigenvalue weighted by Crippen LogP contribution is 2.29. The number of nitrogens with zero attached hydrogens (tertiary/aromatic N) is 1. The Labute approximate surface area is 113 Å². The summed E-state index contributed by atoms with van der Waals surface area (Å²) in [7, 11) is 1.93. The maximum atomic E-state index is 13.2. The first-order valence-corrected chi connectivity index (χ1v) is 6.75. The lowest BCUT2D eigenvalue weighted by atomic mass is 9.83. The highest BCUT2D eigenvalue weighted by atomic mass is 19.1. The van der Waals surface area contributed by atoms with E-state index in [1.807, 2.05) is 18.0 Å². The number of rotatable bonds is 4. The van der Waals surface area contributed by atoms with Crippen LogP contribution in [0.5, 0.6) is 0 Å². The van der Waals surface area contributed by atoms with Crippen molar-refractivity contribution in [2.75, 3.05) is 7.05 Å². The zero-order valence-electron chi connectivity index (χ0n) is 11.2. The minimum atomic E-state index is -0.712. The summed E-state index contributed by atoms with van der Waals surface area (Å²) in [5.41, 5.74) is 0.886. The Balaban J connectivity index is 2.05. The second kappa shape index (κ2) is 6.15. The average Bonchev–Trinajstić information content (AvgIpc) is 2.38. The molecule has 0 amide bonds. The van der Waals surface area contributed by atoms with Gasteiger partial charge in [-0.05, 0) is 37.6 Å². The van der Waals surface area contributed by atoms with Crippen molar-refractivity contribution in [3.05, 3.63) is 35.6 Å². The summed E-state index contributed by atoms with van der Waals surface area (Å²) < 4.78 is 13.2. The highest BCUT2D eigenvalue weighted by Gasteiger charge is 2.33. The van der Waals surface area contributed by atoms with Crippen LogP contribution in [0.4, 0.5) is 4.39 Å². The fourth-order valence-electron chi connectivity index (χ4n) is 2.97. The molecule has 0 bridgehead atoms. The number of benzene rings is 1. The maximum Gasteiger partial charge on any atom is 0.308 e. The van der Waals surface area contributed by atoms with Gasteiger partial charge in [-0.15, -0.1) is 0 Å². The number of hydrogen-bond donors (Lipinski definition) is 1. The maximum absolute atomic E-state index is 13.2. The minimum absolute atomic E-state index is 0.0505. The summed E-state index contributed by atoms with van der Waals surface area (Å²) in [6.45, 7) is 0.589. The van der Waals surface area contributed by atoms with Crippen molar-refractivity contribution in [3.63, 3.8) is 0 Å². The molecule has 1 N–H and O–H groups in total. The van der Waals surface area contributed by atoms with Crippen LogP contribution in [0, 0.1) is 11.7 Å². The number of carboxylic acid groups (broad SMARTS) is 1. The van der Waals surface area contributed by atoms with Gasteiger partial charge in [0.05, 0.1) is 5.92 Å². The molecule has 4 heteroatoms. The lowest BCUT2D eigenvalue weighted by molar-refractivity contribution is -0.145. The van der Waals surface area contributed by atoms with Crippen LogP contribution in [0.15, 0.2) is 24.3 Å². The molecular formula is C15H20FNO2. The van der Waals surface area contributed by atoms with Gasteiger partial charge in [-0.2, -0.15) is 0 Å². The lowest BCUT2D eigenvalue weighted by Gasteiger charge is -2.35. The first-order chi connectivity index (χ1) is 9.08. The Kier molecular flexibility index (Phi) is 4.53. The molecular weight excluding hydrogens is 245 g/mol. The van der Waals surface area contributed by atoms with Crippen molar-refractivity contribution < 1.29 is 14.3 Å². The molecule has 0 heterocycles. The molecule has 1 aromatic rings. The fourth-order valence-corrected chi connectivity index (χ4v) is 2.97. The van der Waals surface area contributed by atoms with Gasteiger partial charge in [0.2, 0.25) is 0 Å². The van der Waals surface area contributed by atoms with E-state index >= 15 is 0 Å². The third kappa shape index (κ3) is 3.53. The minimum Gasteiger partial charge on any atom is -0.481 e. The zero-order valence-corrected chi connectivity index (χ0v) is 11.2. The van der Waals surface area contributed by atoms with Crippen molar-refractivity contribution in [1.29, 1.82) is 0 Å². The quantitative estimate of drug-likeness (QED) is 0.910. The SMILES string of the molecule is CN(Cc1cccc(F)c1)C1CCCCC1C(=O)O. The van der Waals surface area contributed by atoms with E-state index in [9.17, 15) is 14.3 Å². The van der Waals surface area contributed by atoms with E-state index in [0.29, 0.717) is 6.54 Å². The summed E-state index contributed by atoms with van der Waals surface area (Å²) in [5, 5.41) is 9.28. The molecule has 1 aromatic carbocycles. The van der Waals surface area contributed by atoms with Gasteiger partial charge in [-0.3, -0.25) is 9.69 Å². The number of carbonyl (C=O) groups is 1. The van der Waals surface area contributed by atoms with Gasteiger partial charge in [0.25, 0.3) is 0 Å². The van der Waals surface area contributed by atoms with E-state index in [4.69, 9.17) is 0 Å². The molecule has 3 nitrogen and oxygen atoms in total. The molecule has 2 rings (SSSR count). The van der Waals surface area contributed by atoms with Crippen LogP contribution >= 0.6 is 0 Å². The Morgan fingerprint density at radius 1 is 1.42 bits per heavy atom. The Morgan fingerprint density at radius 2 is 2.16 bits per heavy atom. The molecule has 1 saturated carbocycles. The normalized spacial score (nSPS) is 23.5. The molecule has 1 aliphatic rings. The molecule has 1 fully saturated rings. The molecule has 1 aliphatic carbocycles. The molecule has 0 saturated heterocycles. The molecule has 0 aromatic heterocycles. The first-order valence-electron chi connectivity index (χ1n) is 6.75. The van der Waals surface area contributed by atoms with Crippen molar-refractivity contribution in [2.45, 2.75) is 38.3 Å². The van der Waals surface area contributed by atoms with Crippen LogP contribution in [0.1, 0.15) is 31.2 Å². The van der Waals surface area contributed by atoms with Gasteiger partial charge in [0.15, 0.2) is 0 Å². The lowest BCUT2D eigenvalue weighted by Crippen LogP contribution is -2.43. The van der Waals surface area contributed by atoms with E-state index in [1.165, 1.54) is 12.1 Å². The average molecular weight is 265 g/mol. The standard InChI is InChI=1S/C15H20FNO2/c1-17(10-11-5-4-6-12(16)9-11)14-8-3-2-7-13(14)15(18)19/h4-6,9,13-14H,2-3,7-8,10H2,1H3,(H,18,19). The molecule has 2 atom stereocenters. The van der Waals surface area contributed by atoms with Crippen molar-refractivity contribution in [3.8, 4) is 0 Å². The molecule has 0 spiro atoms. The van der Waals surface area contributed by atoms with Gasteiger partial charge >= 0.3 is 5.97 Å². The van der Waals surface area contributed by atoms with Crippen LogP contribution in [0.3, 0.4) is 0 Å². The van der Waals surface area contributed by atoms with Gasteiger partial charge in [0, 0.05) is 12.6 Å². The summed E-state index contributed by atoms with van der Waals surface area (Å²) in [4.78, 5) is 13.3. The van der Waals surface area contributed by atoms with E-state index in [0.717, 1.165) is 31.2 Å². The number of hydrogen-bond acceptors (Lipinski definition) is 2. The number of aliphatic carboxylic acids is 1. The van der Waals surface area contributed by atoms with Crippen LogP contribution in [-0.4, -0.2) is 29.1 Å². The summed E-state index contributed by atoms with van der Waals surface area (Å²) in [6.07, 6.45) is 3.71. The molecule has 2 unspecified atom stereocenters. The van der Waals surface area contributed by atoms with Gasteiger partial charge in [0.1, 0.15) is 5.82 Å². The van der Waals surface area contributed by atoms with Crippen molar-refractivity contribution >= 4 is 5.97 Å². The summed E-state index contributed by atoms with van der Waals surface area (Å²) >= 11 is 0. The summed E-state index contributed by atoms with van der Waals surface area (Å²) in [5.74, 6) is -1.26. The predicted octanol–water partition coefficient (Wildman–Crippen LogP) is 2.90. The Morgan fingerprint density at radius 3 is 2.84 bits per heavy atom. The molecule has 0 radical (unpaired) electrons. The van der Waals surface area contributed by atoms with Gasteiger partial charge in [-0.1, -0.05) is 25.0 Å². The molecule has 104 valence electrons. The van der Waals surface area contributed by atoms with E-state index < -0.39 is 5.97 Å². The summed E-state index contributed by atoms with van der Waals surface area (Å²) in [6, 6.07) is 6.54. The third-order valence-corrected chi connectivity index (χ3v) is 3.93. The van der Waals surface area contributed by atoms with E-state index in [-0.39, 0.29) is 17.8 Å². The first kappa shape index (κ1) is 14.0. The monoisotopic (exact) mass is 265 g/mol. The van der Waals surface area contributed by atoms with Crippen LogP contribution in [0.2, 0.25) is 0 Å². The van der Waals surface area contributed by atoms with Crippen LogP contribution < -0.4 is 0 Å². The smallest absolute Gasteiger partial charge is 0.308 e. The molecule has 0 aliphatic heterocycles. The van der Waals surface area contributed by atoms with E-state index in [2.05, 4.69) is 0 Å². The van der Waals surface area contributed by atoms with Gasteiger partial charge in [-0.25, -0.2) is 4.39 Å². The second-order valence-corrected chi connectivity index (χ2v) is 5.34. The fraction of sp³-hybridized carbons (Fsp3) is 0.533. The number of halogens is 1. The number of carboxylic acids is 1. The topological polar surface area (TPSA) is 40.5 Å². The predicted molar refractivity (Wildman–Crippen MR) is 71.2 cm³/mol. The van der Waals surface area contributed by atoms with Crippen LogP contribution in [0.25, 0.3) is 0 Å². The largest absolute Gasteiger partial charge is 0.481 e. The second-order valence-electron chi connectivity index (χ2n) is 5.34. The van der Waals surface area contributed by atoms with Crippen molar-refractivity contribution in [2.24, 2.45) is 5.92 Å². The third-order valence-electron chi connectivity index (χ3n) is 3.93. The zero-order chi connectivity index (χ0) is 13.8. The van der Waals surface area contributed by atoms with Crippen molar-refractivity contribution in [1.82, 2.24) is 4.90 Å². The Hall–Kier alpha value is -1.42. The molecule has 19 heavy (non-hydrogen) atoms. The highest BCUT2D eigenvalue weighted by molar-refractivity contribution is 5.71. The van der Waals surface area contributed by atoms with Crippen LogP contribution in [-0.2, 0) is 11.3 Å².